The summed E-state index contributed by atoms with van der Waals surface area (Å²) in [6.45, 7) is 2.19. The van der Waals surface area contributed by atoms with Crippen molar-refractivity contribution in [2.45, 2.75) is 69.9 Å². The maximum atomic E-state index is 12.5. The molecule has 6 heteroatoms. The molecule has 0 bridgehead atoms. The molecule has 6 atom stereocenters. The van der Waals surface area contributed by atoms with E-state index in [9.17, 15) is 14.3 Å². The zero-order valence-electron chi connectivity index (χ0n) is 30.6. The van der Waals surface area contributed by atoms with Crippen molar-refractivity contribution in [3.63, 3.8) is 0 Å². The van der Waals surface area contributed by atoms with Gasteiger partial charge in [-0.1, -0.05) is 146 Å². The van der Waals surface area contributed by atoms with Gasteiger partial charge in [0.1, 0.15) is 6.10 Å². The van der Waals surface area contributed by atoms with Crippen LogP contribution in [0.15, 0.2) is 133 Å². The van der Waals surface area contributed by atoms with Gasteiger partial charge in [0.05, 0.1) is 44.7 Å². The van der Waals surface area contributed by atoms with E-state index in [1.54, 1.807) is 30.3 Å². The number of hydrogen-bond acceptors (Lipinski definition) is 5. The monoisotopic (exact) mass is 679 g/mol. The Morgan fingerprint density at radius 3 is 1.73 bits per heavy atom. The van der Waals surface area contributed by atoms with Crippen molar-refractivity contribution in [3.8, 4) is 0 Å². The van der Waals surface area contributed by atoms with Crippen LogP contribution in [-0.4, -0.2) is 41.2 Å². The highest BCUT2D eigenvalue weighted by atomic mass is 35.5. The average molecular weight is 680 g/mol. The lowest BCUT2D eigenvalue weighted by Crippen LogP contribution is -2.59. The molecule has 5 nitrogen and oxygen atoms in total. The fraction of sp³-hybridized carbons (Fsp3) is 0.302. The minimum absolute atomic E-state index is 0.0901. The van der Waals surface area contributed by atoms with Crippen molar-refractivity contribution < 1.29 is 28.5 Å². The molecule has 0 heterocycles. The lowest BCUT2D eigenvalue weighted by atomic mass is 9.70. The summed E-state index contributed by atoms with van der Waals surface area (Å²) in [5.41, 5.74) is 4.80. The van der Waals surface area contributed by atoms with Gasteiger partial charge in [0.2, 0.25) is 0 Å². The predicted octanol–water partition coefficient (Wildman–Crippen LogP) is 8.32. The van der Waals surface area contributed by atoms with Crippen LogP contribution in [0.3, 0.4) is 0 Å². The summed E-state index contributed by atoms with van der Waals surface area (Å²) in [4.78, 5) is 0. The van der Waals surface area contributed by atoms with E-state index >= 15 is 0 Å². The topological polar surface area (TPSA) is 68.2 Å². The highest BCUT2D eigenvalue weighted by Crippen LogP contribution is 2.42. The predicted molar refractivity (Wildman–Crippen MR) is 194 cm³/mol. The normalized spacial score (nSPS) is 24.9. The Hall–Kier alpha value is -3.81. The number of benzene rings is 5. The Kier molecular flexibility index (Phi) is 11.0. The second kappa shape index (κ2) is 17.2. The number of hydrogen-bond donors (Lipinski definition) is 2. The lowest BCUT2D eigenvalue weighted by Gasteiger charge is -2.47. The quantitative estimate of drug-likeness (QED) is 0.124. The lowest BCUT2D eigenvalue weighted by molar-refractivity contribution is -0.210. The summed E-state index contributed by atoms with van der Waals surface area (Å²) in [6.07, 6.45) is -6.28. The number of ether oxygens (including phenoxy) is 3. The molecule has 0 amide bonds. The highest BCUT2D eigenvalue weighted by molar-refractivity contribution is 6.31. The minimum atomic E-state index is -1.99. The first-order valence-electron chi connectivity index (χ1n) is 18.3. The van der Waals surface area contributed by atoms with Crippen molar-refractivity contribution in [1.29, 1.82) is 0 Å². The Morgan fingerprint density at radius 1 is 0.633 bits per heavy atom. The number of aliphatic hydroxyl groups is 2. The summed E-state index contributed by atoms with van der Waals surface area (Å²) >= 11 is 6.72. The molecule has 5 aromatic rings. The van der Waals surface area contributed by atoms with Gasteiger partial charge >= 0.3 is 0 Å². The Balaban J connectivity index is 1.40. The van der Waals surface area contributed by atoms with E-state index in [-0.39, 0.29) is 37.0 Å². The van der Waals surface area contributed by atoms with Crippen LogP contribution >= 0.6 is 11.6 Å². The molecule has 6 rings (SSSR count). The molecule has 0 unspecified atom stereocenters. The summed E-state index contributed by atoms with van der Waals surface area (Å²) in [5, 5.41) is 24.9. The third-order valence-corrected chi connectivity index (χ3v) is 9.37. The average Bonchev–Trinajstić information content (AvgIpc) is 3.17. The number of halogens is 1. The number of aliphatic hydroxyl groups excluding tert-OH is 2. The fourth-order valence-corrected chi connectivity index (χ4v) is 6.51. The summed E-state index contributed by atoms with van der Waals surface area (Å²) in [7, 11) is 0. The molecule has 0 radical (unpaired) electrons. The number of aryl methyl sites for hydroxylation is 1. The molecule has 5 aromatic carbocycles. The highest BCUT2D eigenvalue weighted by Gasteiger charge is 2.51. The molecule has 0 spiro atoms. The van der Waals surface area contributed by atoms with Crippen molar-refractivity contribution in [1.82, 2.24) is 0 Å². The van der Waals surface area contributed by atoms with Gasteiger partial charge in [0.15, 0.2) is 0 Å². The molecule has 1 aliphatic carbocycles. The van der Waals surface area contributed by atoms with Gasteiger partial charge in [0.25, 0.3) is 0 Å². The molecule has 254 valence electrons. The molecule has 1 aliphatic rings. The molecule has 0 aromatic heterocycles. The first-order valence-corrected chi connectivity index (χ1v) is 17.2. The van der Waals surface area contributed by atoms with E-state index in [4.69, 9.17) is 25.8 Å². The molecule has 1 saturated carbocycles. The van der Waals surface area contributed by atoms with Crippen LogP contribution in [0.2, 0.25) is 5.02 Å². The zero-order chi connectivity index (χ0) is 36.7. The smallest absolute Gasteiger partial charge is 0.107 e. The fourth-order valence-electron chi connectivity index (χ4n) is 6.34. The third kappa shape index (κ3) is 9.06. The molecular weight excluding hydrogens is 632 g/mol. The molecule has 49 heavy (non-hydrogen) atoms. The molecule has 0 saturated heterocycles. The first kappa shape index (κ1) is 31.2. The zero-order valence-corrected chi connectivity index (χ0v) is 28.4. The second-order valence-electron chi connectivity index (χ2n) is 12.4. The van der Waals surface area contributed by atoms with Crippen LogP contribution in [0.1, 0.15) is 55.9 Å². The van der Waals surface area contributed by atoms with Crippen molar-refractivity contribution in [3.05, 3.63) is 177 Å². The Bertz CT molecular complexity index is 1860. The van der Waals surface area contributed by atoms with Crippen LogP contribution in [-0.2, 0) is 46.8 Å². The van der Waals surface area contributed by atoms with Crippen LogP contribution in [0.5, 0.6) is 0 Å². The standard InChI is InChI=1S/C43H45ClO5/c1-2-30-18-20-31(21-19-30)24-36-25-35(22-23-38(36)44)39-40(45)37(29-47-26-32-12-6-3-7-13-32)42(48-27-33-14-8-4-9-15-33)41(46)43(39)49-28-34-16-10-5-11-17-34/h3-23,25,37,39-43,45-46H,2,24,26-29H2,1H3/t37-,39+,40-,41-,42+,43-/m0/s1/i24D2,37D. The van der Waals surface area contributed by atoms with Crippen molar-refractivity contribution in [2.75, 3.05) is 6.61 Å². The van der Waals surface area contributed by atoms with Gasteiger partial charge in [-0.15, -0.1) is 0 Å². The maximum Gasteiger partial charge on any atom is 0.107 e. The second-order valence-corrected chi connectivity index (χ2v) is 12.8. The van der Waals surface area contributed by atoms with E-state index in [1.165, 1.54) is 0 Å². The third-order valence-electron chi connectivity index (χ3n) is 9.04. The van der Waals surface area contributed by atoms with Gasteiger partial charge in [-0.05, 0) is 57.8 Å². The van der Waals surface area contributed by atoms with Crippen LogP contribution in [0.4, 0.5) is 0 Å². The van der Waals surface area contributed by atoms with E-state index in [2.05, 4.69) is 0 Å². The van der Waals surface area contributed by atoms with E-state index in [1.807, 2.05) is 110 Å². The summed E-state index contributed by atoms with van der Waals surface area (Å²) in [6, 6.07) is 40.8. The summed E-state index contributed by atoms with van der Waals surface area (Å²) in [5.74, 6) is -2.85. The SMILES string of the molecule is [2H]C([2H])(c1ccc(CC)cc1)c1cc([C@H]2[C@H](OCc3ccccc3)[C@@H](O)[C@H](OCc3ccccc3)[C@@]([2H])(COCc3ccccc3)[C@@H]2O)ccc1Cl. The van der Waals surface area contributed by atoms with E-state index in [0.717, 1.165) is 28.7 Å². The van der Waals surface area contributed by atoms with Crippen LogP contribution in [0, 0.1) is 5.89 Å². The minimum Gasteiger partial charge on any atom is -0.392 e. The molecule has 0 aliphatic heterocycles. The van der Waals surface area contributed by atoms with Crippen molar-refractivity contribution >= 4 is 11.6 Å². The van der Waals surface area contributed by atoms with E-state index < -0.39 is 42.6 Å². The Labute approximate surface area is 299 Å². The number of rotatable bonds is 14. The van der Waals surface area contributed by atoms with Gasteiger partial charge in [0, 0.05) is 20.9 Å². The molecule has 1 fully saturated rings. The van der Waals surface area contributed by atoms with Gasteiger partial charge in [-0.25, -0.2) is 0 Å². The molecule has 2 N–H and O–H groups in total. The maximum absolute atomic E-state index is 12.5. The Morgan fingerprint density at radius 2 is 1.16 bits per heavy atom. The molecular formula is C43H45ClO5. The van der Waals surface area contributed by atoms with Gasteiger partial charge in [-0.2, -0.15) is 0 Å². The first-order chi connectivity index (χ1) is 25.1. The largest absolute Gasteiger partial charge is 0.392 e. The van der Waals surface area contributed by atoms with Crippen LogP contribution in [0.25, 0.3) is 0 Å². The van der Waals surface area contributed by atoms with Gasteiger partial charge < -0.3 is 24.4 Å². The van der Waals surface area contributed by atoms with Gasteiger partial charge in [-0.3, -0.25) is 0 Å². The van der Waals surface area contributed by atoms with E-state index in [0.29, 0.717) is 11.1 Å². The van der Waals surface area contributed by atoms with Crippen LogP contribution < -0.4 is 0 Å². The summed E-state index contributed by atoms with van der Waals surface area (Å²) < 4.78 is 47.3. The van der Waals surface area contributed by atoms with Crippen molar-refractivity contribution in [2.24, 2.45) is 5.89 Å².